The number of ether oxygens (including phenoxy) is 1. The minimum absolute atomic E-state index is 0.0520. The summed E-state index contributed by atoms with van der Waals surface area (Å²) < 4.78 is 19.9. The SMILES string of the molecule is Cc1cc(C(=O)N2CC(N3C[C@@H](C)O[C@@H](C)C3)C2)c(/C=C2\C(=O)Nc3cccc(-c4cccc(F)c4)c32)[nH]1. The van der Waals surface area contributed by atoms with Crippen LogP contribution in [0.15, 0.2) is 48.5 Å². The number of likely N-dealkylation sites (tertiary alicyclic amines) is 1. The third-order valence-corrected chi connectivity index (χ3v) is 7.58. The Morgan fingerprint density at radius 1 is 1.05 bits per heavy atom. The lowest BCUT2D eigenvalue weighted by molar-refractivity contribution is -0.110. The third-order valence-electron chi connectivity index (χ3n) is 7.58. The predicted molar refractivity (Wildman–Crippen MR) is 145 cm³/mol. The first-order valence-corrected chi connectivity index (χ1v) is 13.1. The second kappa shape index (κ2) is 9.53. The molecule has 4 heterocycles. The number of anilines is 1. The molecule has 2 atom stereocenters. The van der Waals surface area contributed by atoms with Crippen LogP contribution in [0, 0.1) is 12.7 Å². The summed E-state index contributed by atoms with van der Waals surface area (Å²) in [5, 5.41) is 2.92. The van der Waals surface area contributed by atoms with Gasteiger partial charge in [-0.25, -0.2) is 4.39 Å². The molecule has 2 amide bonds. The molecule has 3 aliphatic rings. The maximum atomic E-state index is 14.0. The molecule has 3 aromatic rings. The van der Waals surface area contributed by atoms with E-state index in [-0.39, 0.29) is 29.8 Å². The number of benzene rings is 2. The van der Waals surface area contributed by atoms with Gasteiger partial charge in [0.25, 0.3) is 11.8 Å². The van der Waals surface area contributed by atoms with Crippen LogP contribution in [0.4, 0.5) is 10.1 Å². The molecule has 2 saturated heterocycles. The number of nitrogens with zero attached hydrogens (tertiary/aromatic N) is 2. The molecule has 3 aliphatic heterocycles. The molecule has 2 N–H and O–H groups in total. The Hall–Kier alpha value is -3.75. The number of halogens is 1. The average molecular weight is 515 g/mol. The molecule has 0 aliphatic carbocycles. The quantitative estimate of drug-likeness (QED) is 0.501. The van der Waals surface area contributed by atoms with Gasteiger partial charge < -0.3 is 19.9 Å². The minimum atomic E-state index is -0.343. The van der Waals surface area contributed by atoms with Gasteiger partial charge in [0.05, 0.1) is 29.0 Å². The second-order valence-electron chi connectivity index (χ2n) is 10.6. The molecule has 7 nitrogen and oxygen atoms in total. The molecule has 2 fully saturated rings. The summed E-state index contributed by atoms with van der Waals surface area (Å²) in [6.07, 6.45) is 2.12. The summed E-state index contributed by atoms with van der Waals surface area (Å²) in [5.74, 6) is -0.650. The summed E-state index contributed by atoms with van der Waals surface area (Å²) in [6.45, 7) is 9.17. The van der Waals surface area contributed by atoms with Crippen LogP contribution >= 0.6 is 0 Å². The summed E-state index contributed by atoms with van der Waals surface area (Å²) >= 11 is 0. The Balaban J connectivity index is 1.28. The van der Waals surface area contributed by atoms with E-state index in [1.165, 1.54) is 12.1 Å². The lowest BCUT2D eigenvalue weighted by Gasteiger charge is -2.48. The number of nitrogens with one attached hydrogen (secondary N) is 2. The summed E-state index contributed by atoms with van der Waals surface area (Å²) in [6, 6.07) is 14.0. The number of carbonyl (C=O) groups excluding carboxylic acids is 2. The topological polar surface area (TPSA) is 77.7 Å². The number of morpholine rings is 1. The molecule has 6 rings (SSSR count). The number of amides is 2. The van der Waals surface area contributed by atoms with Crippen molar-refractivity contribution in [2.45, 2.75) is 39.0 Å². The van der Waals surface area contributed by atoms with Crippen molar-refractivity contribution in [3.05, 3.63) is 76.9 Å². The smallest absolute Gasteiger partial charge is 0.256 e. The van der Waals surface area contributed by atoms with Gasteiger partial charge in [0.2, 0.25) is 0 Å². The average Bonchev–Trinajstić information content (AvgIpc) is 3.36. The van der Waals surface area contributed by atoms with E-state index in [1.807, 2.05) is 42.2 Å². The van der Waals surface area contributed by atoms with Crippen molar-refractivity contribution in [1.82, 2.24) is 14.8 Å². The fraction of sp³-hybridized carbons (Fsp3) is 0.333. The van der Waals surface area contributed by atoms with Crippen molar-refractivity contribution in [2.75, 3.05) is 31.5 Å². The lowest BCUT2D eigenvalue weighted by atomic mass is 9.94. The molecule has 0 radical (unpaired) electrons. The van der Waals surface area contributed by atoms with Crippen LogP contribution in [0.1, 0.15) is 41.2 Å². The first-order chi connectivity index (χ1) is 18.3. The van der Waals surface area contributed by atoms with Gasteiger partial charge in [0.15, 0.2) is 0 Å². The van der Waals surface area contributed by atoms with Crippen molar-refractivity contribution in [3.63, 3.8) is 0 Å². The molecule has 0 bridgehead atoms. The van der Waals surface area contributed by atoms with Crippen LogP contribution in [0.2, 0.25) is 0 Å². The maximum absolute atomic E-state index is 14.0. The lowest BCUT2D eigenvalue weighted by Crippen LogP contribution is -2.64. The number of rotatable bonds is 4. The number of aryl methyl sites for hydroxylation is 1. The van der Waals surface area contributed by atoms with Crippen molar-refractivity contribution >= 4 is 29.2 Å². The molecule has 38 heavy (non-hydrogen) atoms. The van der Waals surface area contributed by atoms with Crippen LogP contribution < -0.4 is 5.32 Å². The van der Waals surface area contributed by atoms with Gasteiger partial charge >= 0.3 is 0 Å². The van der Waals surface area contributed by atoms with Gasteiger partial charge in [-0.2, -0.15) is 0 Å². The molecule has 1 aromatic heterocycles. The molecular weight excluding hydrogens is 483 g/mol. The Morgan fingerprint density at radius 3 is 2.53 bits per heavy atom. The van der Waals surface area contributed by atoms with E-state index < -0.39 is 0 Å². The van der Waals surface area contributed by atoms with E-state index in [9.17, 15) is 14.0 Å². The van der Waals surface area contributed by atoms with Gasteiger partial charge in [0, 0.05) is 49.2 Å². The Labute approximate surface area is 221 Å². The fourth-order valence-corrected chi connectivity index (χ4v) is 5.87. The number of aromatic nitrogens is 1. The van der Waals surface area contributed by atoms with Crippen molar-refractivity contribution in [2.24, 2.45) is 0 Å². The summed E-state index contributed by atoms with van der Waals surface area (Å²) in [5.41, 5.74) is 5.22. The normalized spacial score (nSPS) is 22.9. The highest BCUT2D eigenvalue weighted by molar-refractivity contribution is 6.36. The van der Waals surface area contributed by atoms with Crippen LogP contribution in [0.25, 0.3) is 22.8 Å². The van der Waals surface area contributed by atoms with Crippen LogP contribution in [0.5, 0.6) is 0 Å². The highest BCUT2D eigenvalue weighted by atomic mass is 19.1. The number of H-pyrrole nitrogens is 1. The van der Waals surface area contributed by atoms with Crippen molar-refractivity contribution in [3.8, 4) is 11.1 Å². The Morgan fingerprint density at radius 2 is 1.79 bits per heavy atom. The number of carbonyl (C=O) groups is 2. The zero-order valence-electron chi connectivity index (χ0n) is 21.8. The van der Waals surface area contributed by atoms with E-state index in [0.717, 1.165) is 24.3 Å². The number of hydrogen-bond donors (Lipinski definition) is 2. The molecule has 0 saturated carbocycles. The molecule has 8 heteroatoms. The summed E-state index contributed by atoms with van der Waals surface area (Å²) in [7, 11) is 0. The molecular formula is C30H31FN4O3. The standard InChI is InChI=1S/C30H31FN4O3/c1-17-10-24(30(37)35-15-22(16-35)34-13-18(2)38-19(3)14-34)27(32-17)12-25-28-23(20-6-4-7-21(31)11-20)8-5-9-26(28)33-29(25)36/h4-12,18-19,22,32H,13-16H2,1-3H3,(H,33,36)/b25-12-/t18-,19+. The Bertz CT molecular complexity index is 1450. The molecule has 0 spiro atoms. The molecule has 2 aromatic carbocycles. The first kappa shape index (κ1) is 24.6. The van der Waals surface area contributed by atoms with Crippen LogP contribution in [0.3, 0.4) is 0 Å². The zero-order chi connectivity index (χ0) is 26.6. The van der Waals surface area contributed by atoms with Crippen molar-refractivity contribution in [1.29, 1.82) is 0 Å². The van der Waals surface area contributed by atoms with E-state index in [2.05, 4.69) is 29.0 Å². The van der Waals surface area contributed by atoms with Gasteiger partial charge in [-0.3, -0.25) is 14.5 Å². The Kier molecular flexibility index (Phi) is 6.16. The van der Waals surface area contributed by atoms with E-state index in [0.29, 0.717) is 52.8 Å². The van der Waals surface area contributed by atoms with Gasteiger partial charge in [-0.05, 0) is 62.2 Å². The third kappa shape index (κ3) is 4.44. The highest BCUT2D eigenvalue weighted by Crippen LogP contribution is 2.41. The summed E-state index contributed by atoms with van der Waals surface area (Å²) in [4.78, 5) is 34.2. The monoisotopic (exact) mass is 514 g/mol. The van der Waals surface area contributed by atoms with Crippen LogP contribution in [-0.4, -0.2) is 71.0 Å². The number of aromatic amines is 1. The van der Waals surface area contributed by atoms with Gasteiger partial charge in [-0.15, -0.1) is 0 Å². The first-order valence-electron chi connectivity index (χ1n) is 13.1. The van der Waals surface area contributed by atoms with E-state index >= 15 is 0 Å². The fourth-order valence-electron chi connectivity index (χ4n) is 5.87. The van der Waals surface area contributed by atoms with Gasteiger partial charge in [-0.1, -0.05) is 24.3 Å². The second-order valence-corrected chi connectivity index (χ2v) is 10.6. The van der Waals surface area contributed by atoms with Gasteiger partial charge in [0.1, 0.15) is 5.82 Å². The maximum Gasteiger partial charge on any atom is 0.256 e. The number of fused-ring (bicyclic) bond motifs is 1. The van der Waals surface area contributed by atoms with E-state index in [1.54, 1.807) is 12.1 Å². The predicted octanol–water partition coefficient (Wildman–Crippen LogP) is 4.56. The van der Waals surface area contributed by atoms with Crippen molar-refractivity contribution < 1.29 is 18.7 Å². The molecule has 0 unspecified atom stereocenters. The zero-order valence-corrected chi connectivity index (χ0v) is 21.8. The van der Waals surface area contributed by atoms with Crippen LogP contribution in [-0.2, 0) is 9.53 Å². The highest BCUT2D eigenvalue weighted by Gasteiger charge is 2.39. The number of hydrogen-bond acceptors (Lipinski definition) is 4. The molecule has 196 valence electrons. The largest absolute Gasteiger partial charge is 0.373 e. The minimum Gasteiger partial charge on any atom is -0.373 e. The van der Waals surface area contributed by atoms with E-state index in [4.69, 9.17) is 4.74 Å².